The number of amides is 1. The lowest BCUT2D eigenvalue weighted by molar-refractivity contribution is -0.139. The van der Waals surface area contributed by atoms with E-state index in [9.17, 15) is 9.59 Å². The van der Waals surface area contributed by atoms with Gasteiger partial charge < -0.3 is 19.1 Å². The highest BCUT2D eigenvalue weighted by Gasteiger charge is 2.19. The fraction of sp³-hybridized carbons (Fsp3) is 0.440. The predicted molar refractivity (Wildman–Crippen MR) is 129 cm³/mol. The van der Waals surface area contributed by atoms with Crippen LogP contribution in [0.4, 0.5) is 0 Å². The highest BCUT2D eigenvalue weighted by molar-refractivity contribution is 7.99. The highest BCUT2D eigenvalue weighted by atomic mass is 32.2. The van der Waals surface area contributed by atoms with Crippen molar-refractivity contribution in [2.75, 3.05) is 45.4 Å². The summed E-state index contributed by atoms with van der Waals surface area (Å²) in [5.74, 6) is 1.86. The summed E-state index contributed by atoms with van der Waals surface area (Å²) >= 11 is 1.47. The van der Waals surface area contributed by atoms with Gasteiger partial charge in [-0.2, -0.15) is 0 Å². The molecule has 0 fully saturated rings. The molecule has 0 radical (unpaired) electrons. The van der Waals surface area contributed by atoms with Gasteiger partial charge in [-0.3, -0.25) is 9.59 Å². The standard InChI is InChI=1S/C25H33NO5S/c1-5-31-24(27)18-32-15-14-26(13-9-12-20-10-7-6-8-11-20)25(28)21-16-22(29-3)19(2)23(17-21)30-4/h6-8,10-11,16-17H,5,9,12-15,18H2,1-4H3. The van der Waals surface area contributed by atoms with E-state index in [1.54, 1.807) is 33.3 Å². The Labute approximate surface area is 195 Å². The molecule has 2 aromatic carbocycles. The van der Waals surface area contributed by atoms with Crippen LogP contribution in [0.5, 0.6) is 11.5 Å². The minimum absolute atomic E-state index is 0.0774. The Bertz CT molecular complexity index is 847. The van der Waals surface area contributed by atoms with Crippen molar-refractivity contribution < 1.29 is 23.8 Å². The zero-order valence-electron chi connectivity index (χ0n) is 19.4. The van der Waals surface area contributed by atoms with Crippen molar-refractivity contribution in [2.24, 2.45) is 0 Å². The van der Waals surface area contributed by atoms with Crippen LogP contribution in [0, 0.1) is 6.92 Å². The maximum atomic E-state index is 13.4. The summed E-state index contributed by atoms with van der Waals surface area (Å²) in [6, 6.07) is 13.8. The lowest BCUT2D eigenvalue weighted by Crippen LogP contribution is -2.34. The first kappa shape index (κ1) is 25.6. The number of ether oxygens (including phenoxy) is 3. The molecule has 2 rings (SSSR count). The van der Waals surface area contributed by atoms with Crippen LogP contribution >= 0.6 is 11.8 Å². The number of rotatable bonds is 13. The van der Waals surface area contributed by atoms with Crippen LogP contribution in [0.3, 0.4) is 0 Å². The average Bonchev–Trinajstić information content (AvgIpc) is 2.81. The summed E-state index contributed by atoms with van der Waals surface area (Å²) in [6.45, 7) is 5.22. The molecule has 0 bridgehead atoms. The second-order valence-corrected chi connectivity index (χ2v) is 8.35. The third kappa shape index (κ3) is 7.79. The van der Waals surface area contributed by atoms with Crippen molar-refractivity contribution in [3.63, 3.8) is 0 Å². The van der Waals surface area contributed by atoms with Crippen LogP contribution in [0.1, 0.15) is 34.8 Å². The summed E-state index contributed by atoms with van der Waals surface area (Å²) < 4.78 is 15.9. The molecule has 0 spiro atoms. The van der Waals surface area contributed by atoms with Gasteiger partial charge in [0.1, 0.15) is 11.5 Å². The molecule has 0 atom stereocenters. The van der Waals surface area contributed by atoms with E-state index in [-0.39, 0.29) is 17.6 Å². The topological polar surface area (TPSA) is 65.1 Å². The number of nitrogens with zero attached hydrogens (tertiary/aromatic N) is 1. The van der Waals surface area contributed by atoms with Crippen LogP contribution in [-0.2, 0) is 16.0 Å². The number of aryl methyl sites for hydroxylation is 1. The second-order valence-electron chi connectivity index (χ2n) is 7.24. The Kier molecular flexibility index (Phi) is 10.9. The van der Waals surface area contributed by atoms with Crippen LogP contribution < -0.4 is 9.47 Å². The monoisotopic (exact) mass is 459 g/mol. The average molecular weight is 460 g/mol. The van der Waals surface area contributed by atoms with Crippen molar-refractivity contribution in [3.05, 3.63) is 59.2 Å². The Morgan fingerprint density at radius 3 is 2.25 bits per heavy atom. The number of carbonyl (C=O) groups excluding carboxylic acids is 2. The quantitative estimate of drug-likeness (QED) is 0.327. The van der Waals surface area contributed by atoms with E-state index in [0.29, 0.717) is 42.5 Å². The summed E-state index contributed by atoms with van der Waals surface area (Å²) in [4.78, 5) is 26.8. The first-order valence-electron chi connectivity index (χ1n) is 10.8. The lowest BCUT2D eigenvalue weighted by Gasteiger charge is -2.24. The molecule has 32 heavy (non-hydrogen) atoms. The normalized spacial score (nSPS) is 10.5. The molecule has 0 N–H and O–H groups in total. The molecule has 0 aliphatic heterocycles. The summed E-state index contributed by atoms with van der Waals surface area (Å²) in [6.07, 6.45) is 1.74. The van der Waals surface area contributed by atoms with E-state index >= 15 is 0 Å². The smallest absolute Gasteiger partial charge is 0.315 e. The first-order chi connectivity index (χ1) is 15.5. The lowest BCUT2D eigenvalue weighted by atomic mass is 10.1. The van der Waals surface area contributed by atoms with Crippen molar-refractivity contribution in [1.29, 1.82) is 0 Å². The fourth-order valence-electron chi connectivity index (χ4n) is 3.36. The highest BCUT2D eigenvalue weighted by Crippen LogP contribution is 2.30. The Hall–Kier alpha value is -2.67. The molecule has 0 saturated carbocycles. The summed E-state index contributed by atoms with van der Waals surface area (Å²) in [5.41, 5.74) is 2.63. The van der Waals surface area contributed by atoms with Gasteiger partial charge in [-0.25, -0.2) is 0 Å². The fourth-order valence-corrected chi connectivity index (χ4v) is 4.10. The molecule has 0 saturated heterocycles. The molecule has 174 valence electrons. The van der Waals surface area contributed by atoms with E-state index < -0.39 is 0 Å². The maximum Gasteiger partial charge on any atom is 0.315 e. The number of benzene rings is 2. The van der Waals surface area contributed by atoms with Crippen molar-refractivity contribution in [2.45, 2.75) is 26.7 Å². The van der Waals surface area contributed by atoms with E-state index in [0.717, 1.165) is 18.4 Å². The van der Waals surface area contributed by atoms with Gasteiger partial charge in [0.15, 0.2) is 0 Å². The van der Waals surface area contributed by atoms with Crippen molar-refractivity contribution in [3.8, 4) is 11.5 Å². The van der Waals surface area contributed by atoms with E-state index in [2.05, 4.69) is 12.1 Å². The maximum absolute atomic E-state index is 13.4. The summed E-state index contributed by atoms with van der Waals surface area (Å²) in [5, 5.41) is 0. The molecular weight excluding hydrogens is 426 g/mol. The van der Waals surface area contributed by atoms with Gasteiger partial charge in [0.2, 0.25) is 0 Å². The van der Waals surface area contributed by atoms with Crippen molar-refractivity contribution in [1.82, 2.24) is 4.90 Å². The zero-order valence-corrected chi connectivity index (χ0v) is 20.2. The van der Waals surface area contributed by atoms with Gasteiger partial charge in [0.25, 0.3) is 5.91 Å². The molecule has 7 heteroatoms. The molecular formula is C25H33NO5S. The van der Waals surface area contributed by atoms with Crippen LogP contribution in [-0.4, -0.2) is 62.2 Å². The molecule has 0 heterocycles. The molecule has 0 unspecified atom stereocenters. The first-order valence-corrected chi connectivity index (χ1v) is 11.9. The van der Waals surface area contributed by atoms with E-state index in [1.807, 2.05) is 30.0 Å². The van der Waals surface area contributed by atoms with Gasteiger partial charge in [-0.15, -0.1) is 11.8 Å². The molecule has 1 amide bonds. The number of esters is 1. The Morgan fingerprint density at radius 1 is 1.00 bits per heavy atom. The molecule has 6 nitrogen and oxygen atoms in total. The molecule has 2 aromatic rings. The van der Waals surface area contributed by atoms with Crippen LogP contribution in [0.15, 0.2) is 42.5 Å². The molecule has 0 aliphatic rings. The molecule has 0 aliphatic carbocycles. The van der Waals surface area contributed by atoms with Gasteiger partial charge in [0, 0.05) is 30.0 Å². The third-order valence-corrected chi connectivity index (χ3v) is 5.96. The van der Waals surface area contributed by atoms with Gasteiger partial charge in [-0.05, 0) is 44.4 Å². The van der Waals surface area contributed by atoms with E-state index in [4.69, 9.17) is 14.2 Å². The van der Waals surface area contributed by atoms with Crippen LogP contribution in [0.2, 0.25) is 0 Å². The number of carbonyl (C=O) groups is 2. The SMILES string of the molecule is CCOC(=O)CSCCN(CCCc1ccccc1)C(=O)c1cc(OC)c(C)c(OC)c1. The number of thioether (sulfide) groups is 1. The van der Waals surface area contributed by atoms with E-state index in [1.165, 1.54) is 17.3 Å². The minimum Gasteiger partial charge on any atom is -0.496 e. The van der Waals surface area contributed by atoms with Gasteiger partial charge in [0.05, 0.1) is 26.6 Å². The minimum atomic E-state index is -0.229. The largest absolute Gasteiger partial charge is 0.496 e. The third-order valence-electron chi connectivity index (χ3n) is 5.05. The predicted octanol–water partition coefficient (Wildman–Crippen LogP) is 4.38. The number of methoxy groups -OCH3 is 2. The van der Waals surface area contributed by atoms with Gasteiger partial charge >= 0.3 is 5.97 Å². The van der Waals surface area contributed by atoms with Gasteiger partial charge in [-0.1, -0.05) is 30.3 Å². The van der Waals surface area contributed by atoms with Crippen molar-refractivity contribution >= 4 is 23.6 Å². The summed E-state index contributed by atoms with van der Waals surface area (Å²) in [7, 11) is 3.17. The van der Waals surface area contributed by atoms with Crippen LogP contribution in [0.25, 0.3) is 0 Å². The Balaban J connectivity index is 2.09. The molecule has 0 aromatic heterocycles. The number of hydrogen-bond acceptors (Lipinski definition) is 6. The zero-order chi connectivity index (χ0) is 23.3. The second kappa shape index (κ2) is 13.7. The number of hydrogen-bond donors (Lipinski definition) is 0. The Morgan fingerprint density at radius 2 is 1.66 bits per heavy atom.